The molecular formula is C15H20ClN3. The summed E-state index contributed by atoms with van der Waals surface area (Å²) >= 11 is 6.32. The van der Waals surface area contributed by atoms with Gasteiger partial charge in [-0.3, -0.25) is 0 Å². The molecule has 0 bridgehead atoms. The van der Waals surface area contributed by atoms with Crippen LogP contribution in [0.15, 0.2) is 36.7 Å². The first-order valence-corrected chi connectivity index (χ1v) is 7.19. The molecule has 2 rings (SSSR count). The van der Waals surface area contributed by atoms with E-state index in [0.29, 0.717) is 11.1 Å². The number of para-hydroxylation sites is 1. The normalized spacial score (nSPS) is 12.4. The Hall–Kier alpha value is -1.48. The summed E-state index contributed by atoms with van der Waals surface area (Å²) < 4.78 is 1.81. The van der Waals surface area contributed by atoms with Crippen LogP contribution in [0.5, 0.6) is 0 Å². The van der Waals surface area contributed by atoms with E-state index >= 15 is 0 Å². The average Bonchev–Trinajstić information content (AvgIpc) is 2.92. The molecule has 0 amide bonds. The molecule has 1 aromatic carbocycles. The minimum Gasteiger partial charge on any atom is -0.381 e. The van der Waals surface area contributed by atoms with Crippen LogP contribution in [0, 0.1) is 0 Å². The summed E-state index contributed by atoms with van der Waals surface area (Å²) in [6.45, 7) is 4.40. The van der Waals surface area contributed by atoms with Crippen molar-refractivity contribution in [1.29, 1.82) is 0 Å². The van der Waals surface area contributed by atoms with Crippen LogP contribution in [0.2, 0.25) is 5.02 Å². The lowest BCUT2D eigenvalue weighted by molar-refractivity contribution is 0.622. The zero-order valence-electron chi connectivity index (χ0n) is 11.4. The van der Waals surface area contributed by atoms with Gasteiger partial charge in [-0.15, -0.1) is 0 Å². The molecule has 0 radical (unpaired) electrons. The van der Waals surface area contributed by atoms with Crippen molar-refractivity contribution in [2.75, 3.05) is 5.32 Å². The second-order valence-corrected chi connectivity index (χ2v) is 5.03. The Morgan fingerprint density at radius 3 is 2.79 bits per heavy atom. The fourth-order valence-corrected chi connectivity index (χ4v) is 2.47. The highest BCUT2D eigenvalue weighted by Gasteiger charge is 2.12. The van der Waals surface area contributed by atoms with Crippen molar-refractivity contribution >= 4 is 17.3 Å². The van der Waals surface area contributed by atoms with Crippen molar-refractivity contribution in [2.24, 2.45) is 0 Å². The average molecular weight is 278 g/mol. The Morgan fingerprint density at radius 2 is 2.16 bits per heavy atom. The van der Waals surface area contributed by atoms with Gasteiger partial charge in [-0.05, 0) is 31.0 Å². The van der Waals surface area contributed by atoms with Gasteiger partial charge in [0.25, 0.3) is 0 Å². The maximum absolute atomic E-state index is 6.32. The minimum atomic E-state index is 0.470. The van der Waals surface area contributed by atoms with Crippen LogP contribution in [0.25, 0.3) is 5.69 Å². The third-order valence-electron chi connectivity index (χ3n) is 3.21. The number of benzene rings is 1. The fraction of sp³-hybridized carbons (Fsp3) is 0.400. The predicted octanol–water partition coefficient (Wildman–Crippen LogP) is 4.52. The molecule has 2 aromatic rings. The van der Waals surface area contributed by atoms with Crippen LogP contribution in [-0.2, 0) is 0 Å². The first-order valence-electron chi connectivity index (χ1n) is 6.81. The van der Waals surface area contributed by atoms with Crippen LogP contribution >= 0.6 is 11.6 Å². The molecule has 0 saturated heterocycles. The number of halogens is 1. The maximum Gasteiger partial charge on any atom is 0.106 e. The Kier molecular flexibility index (Phi) is 4.86. The molecule has 0 fully saturated rings. The highest BCUT2D eigenvalue weighted by Crippen LogP contribution is 2.29. The van der Waals surface area contributed by atoms with Gasteiger partial charge in [0.2, 0.25) is 0 Å². The first-order chi connectivity index (χ1) is 9.26. The Balaban J connectivity index is 2.32. The smallest absolute Gasteiger partial charge is 0.106 e. The summed E-state index contributed by atoms with van der Waals surface area (Å²) in [6, 6.07) is 8.29. The molecule has 1 N–H and O–H groups in total. The monoisotopic (exact) mass is 277 g/mol. The van der Waals surface area contributed by atoms with Crippen LogP contribution in [0.4, 0.5) is 5.69 Å². The third-order valence-corrected chi connectivity index (χ3v) is 3.51. The van der Waals surface area contributed by atoms with Crippen molar-refractivity contribution < 1.29 is 0 Å². The molecule has 0 aliphatic carbocycles. The number of hydrogen-bond acceptors (Lipinski definition) is 2. The summed E-state index contributed by atoms with van der Waals surface area (Å²) in [4.78, 5) is 0. The lowest BCUT2D eigenvalue weighted by Gasteiger charge is -2.20. The number of hydrogen-bond donors (Lipinski definition) is 1. The first kappa shape index (κ1) is 13.9. The number of nitrogens with one attached hydrogen (secondary N) is 1. The summed E-state index contributed by atoms with van der Waals surface area (Å²) in [5.41, 5.74) is 1.96. The molecule has 1 heterocycles. The molecular weight excluding hydrogens is 258 g/mol. The van der Waals surface area contributed by atoms with Gasteiger partial charge in [-0.1, -0.05) is 37.9 Å². The summed E-state index contributed by atoms with van der Waals surface area (Å²) in [5.74, 6) is 0. The minimum absolute atomic E-state index is 0.470. The molecule has 1 unspecified atom stereocenters. The number of nitrogens with zero attached hydrogens (tertiary/aromatic N) is 2. The highest BCUT2D eigenvalue weighted by atomic mass is 35.5. The van der Waals surface area contributed by atoms with E-state index in [-0.39, 0.29) is 0 Å². The van der Waals surface area contributed by atoms with Crippen LogP contribution in [-0.4, -0.2) is 15.8 Å². The number of rotatable bonds is 6. The Morgan fingerprint density at radius 1 is 1.32 bits per heavy atom. The molecule has 1 atom stereocenters. The fourth-order valence-electron chi connectivity index (χ4n) is 2.21. The lowest BCUT2D eigenvalue weighted by Crippen LogP contribution is -2.19. The number of anilines is 1. The molecule has 4 heteroatoms. The van der Waals surface area contributed by atoms with E-state index in [1.165, 1.54) is 6.42 Å². The van der Waals surface area contributed by atoms with Gasteiger partial charge in [0.05, 0.1) is 10.7 Å². The molecule has 102 valence electrons. The van der Waals surface area contributed by atoms with Gasteiger partial charge in [0, 0.05) is 18.4 Å². The van der Waals surface area contributed by atoms with Crippen LogP contribution in [0.1, 0.15) is 33.1 Å². The SMILES string of the molecule is CCCC(CC)Nc1cccc(Cl)c1-n1cccn1. The van der Waals surface area contributed by atoms with E-state index < -0.39 is 0 Å². The van der Waals surface area contributed by atoms with Gasteiger partial charge in [0.15, 0.2) is 0 Å². The van der Waals surface area contributed by atoms with Crippen molar-refractivity contribution in [3.63, 3.8) is 0 Å². The van der Waals surface area contributed by atoms with Crippen molar-refractivity contribution in [3.05, 3.63) is 41.7 Å². The van der Waals surface area contributed by atoms with Gasteiger partial charge in [-0.25, -0.2) is 4.68 Å². The van der Waals surface area contributed by atoms with E-state index in [9.17, 15) is 0 Å². The predicted molar refractivity (Wildman–Crippen MR) is 81.2 cm³/mol. The van der Waals surface area contributed by atoms with Gasteiger partial charge in [0.1, 0.15) is 5.69 Å². The summed E-state index contributed by atoms with van der Waals surface area (Å²) in [6.07, 6.45) is 7.09. The van der Waals surface area contributed by atoms with E-state index in [2.05, 4.69) is 30.3 Å². The zero-order chi connectivity index (χ0) is 13.7. The van der Waals surface area contributed by atoms with E-state index in [0.717, 1.165) is 24.2 Å². The molecule has 0 saturated carbocycles. The quantitative estimate of drug-likeness (QED) is 0.841. The molecule has 0 aliphatic rings. The lowest BCUT2D eigenvalue weighted by atomic mass is 10.1. The van der Waals surface area contributed by atoms with Crippen molar-refractivity contribution in [1.82, 2.24) is 9.78 Å². The van der Waals surface area contributed by atoms with Gasteiger partial charge >= 0.3 is 0 Å². The largest absolute Gasteiger partial charge is 0.381 e. The van der Waals surface area contributed by atoms with Crippen LogP contribution < -0.4 is 5.32 Å². The topological polar surface area (TPSA) is 29.9 Å². The van der Waals surface area contributed by atoms with Crippen LogP contribution in [0.3, 0.4) is 0 Å². The third kappa shape index (κ3) is 3.29. The highest BCUT2D eigenvalue weighted by molar-refractivity contribution is 6.33. The maximum atomic E-state index is 6.32. The van der Waals surface area contributed by atoms with E-state index in [4.69, 9.17) is 11.6 Å². The molecule has 3 nitrogen and oxygen atoms in total. The summed E-state index contributed by atoms with van der Waals surface area (Å²) in [5, 5.41) is 8.57. The number of aromatic nitrogens is 2. The van der Waals surface area contributed by atoms with E-state index in [1.807, 2.05) is 29.1 Å². The Bertz CT molecular complexity index is 508. The van der Waals surface area contributed by atoms with E-state index in [1.54, 1.807) is 6.20 Å². The Labute approximate surface area is 119 Å². The van der Waals surface area contributed by atoms with Gasteiger partial charge in [-0.2, -0.15) is 5.10 Å². The molecule has 0 spiro atoms. The van der Waals surface area contributed by atoms with Gasteiger partial charge < -0.3 is 5.32 Å². The van der Waals surface area contributed by atoms with Crippen molar-refractivity contribution in [2.45, 2.75) is 39.2 Å². The standard InChI is InChI=1S/C15H20ClN3/c1-3-7-12(4-2)18-14-9-5-8-13(16)15(14)19-11-6-10-17-19/h5-6,8-12,18H,3-4,7H2,1-2H3. The molecule has 0 aliphatic heterocycles. The summed E-state index contributed by atoms with van der Waals surface area (Å²) in [7, 11) is 0. The van der Waals surface area contributed by atoms with Crippen molar-refractivity contribution in [3.8, 4) is 5.69 Å². The zero-order valence-corrected chi connectivity index (χ0v) is 12.2. The second-order valence-electron chi connectivity index (χ2n) is 4.62. The molecule has 1 aromatic heterocycles. The second kappa shape index (κ2) is 6.62. The molecule has 19 heavy (non-hydrogen) atoms.